The number of carbonyl (C=O) groups is 2. The maximum absolute atomic E-state index is 9.69. The number of rotatable bonds is 8. The van der Waals surface area contributed by atoms with Crippen molar-refractivity contribution in [3.05, 3.63) is 76.8 Å². The minimum atomic E-state index is -1.26. The lowest BCUT2D eigenvalue weighted by molar-refractivity contribution is -0.134. The Balaban J connectivity index is 0.000000414. The fraction of sp³-hybridized carbons (Fsp3) is 0.292. The van der Waals surface area contributed by atoms with Gasteiger partial charge in [-0.2, -0.15) is 5.26 Å². The summed E-state index contributed by atoms with van der Waals surface area (Å²) >= 11 is 6.07. The number of aliphatic hydroxyl groups excluding tert-OH is 1. The van der Waals surface area contributed by atoms with Crippen molar-refractivity contribution in [2.75, 3.05) is 19.6 Å². The molecule has 0 aliphatic carbocycles. The summed E-state index contributed by atoms with van der Waals surface area (Å²) in [5, 5.41) is 35.2. The highest BCUT2D eigenvalue weighted by atomic mass is 35.5. The highest BCUT2D eigenvalue weighted by molar-refractivity contribution is 6.30. The highest BCUT2D eigenvalue weighted by Gasteiger charge is 2.22. The summed E-state index contributed by atoms with van der Waals surface area (Å²) < 4.78 is 6.19. The van der Waals surface area contributed by atoms with Gasteiger partial charge in [-0.3, -0.25) is 0 Å². The molecule has 2 aromatic rings. The van der Waals surface area contributed by atoms with Gasteiger partial charge in [0.1, 0.15) is 17.9 Å². The van der Waals surface area contributed by atoms with Crippen molar-refractivity contribution in [3.63, 3.8) is 0 Å². The molecule has 2 atom stereocenters. The predicted octanol–water partition coefficient (Wildman–Crippen LogP) is 3.50. The molecule has 8 nitrogen and oxygen atoms in total. The Bertz CT molecular complexity index is 990. The number of benzene rings is 2. The maximum Gasteiger partial charge on any atom is 0.328 e. The van der Waals surface area contributed by atoms with Crippen LogP contribution in [-0.4, -0.2) is 57.9 Å². The number of carboxylic acids is 2. The average Bonchev–Trinajstić information content (AvgIpc) is 3.21. The Morgan fingerprint density at radius 2 is 1.85 bits per heavy atom. The van der Waals surface area contributed by atoms with Crippen LogP contribution in [0.2, 0.25) is 5.02 Å². The third-order valence-electron chi connectivity index (χ3n) is 4.83. The zero-order valence-corrected chi connectivity index (χ0v) is 18.6. The van der Waals surface area contributed by atoms with Gasteiger partial charge in [0, 0.05) is 49.3 Å². The van der Waals surface area contributed by atoms with Gasteiger partial charge >= 0.3 is 11.9 Å². The number of halogens is 1. The zero-order valence-electron chi connectivity index (χ0n) is 17.8. The molecule has 2 aromatic carbocycles. The Kier molecular flexibility index (Phi) is 10.4. The third-order valence-corrected chi connectivity index (χ3v) is 5.06. The first kappa shape index (κ1) is 25.9. The van der Waals surface area contributed by atoms with Crippen molar-refractivity contribution in [2.45, 2.75) is 25.0 Å². The van der Waals surface area contributed by atoms with E-state index in [1.807, 2.05) is 30.3 Å². The van der Waals surface area contributed by atoms with Gasteiger partial charge in [0.25, 0.3) is 0 Å². The predicted molar refractivity (Wildman–Crippen MR) is 122 cm³/mol. The average molecular weight is 473 g/mol. The molecule has 0 saturated carbocycles. The Labute approximate surface area is 196 Å². The minimum absolute atomic E-state index is 0.176. The van der Waals surface area contributed by atoms with Crippen LogP contribution in [-0.2, 0) is 9.59 Å². The second kappa shape index (κ2) is 13.2. The van der Waals surface area contributed by atoms with Gasteiger partial charge in [0.15, 0.2) is 0 Å². The summed E-state index contributed by atoms with van der Waals surface area (Å²) in [6.07, 6.45) is 2.31. The molecule has 1 heterocycles. The number of β-amino-alcohol motifs (C(OH)–C–C–N with tert-alkyl or cyclic N) is 1. The first-order valence-corrected chi connectivity index (χ1v) is 10.6. The monoisotopic (exact) mass is 472 g/mol. The van der Waals surface area contributed by atoms with Crippen molar-refractivity contribution in [3.8, 4) is 11.8 Å². The van der Waals surface area contributed by atoms with Crippen LogP contribution in [0, 0.1) is 11.3 Å². The molecular formula is C24H25ClN2O6. The van der Waals surface area contributed by atoms with E-state index in [2.05, 4.69) is 11.0 Å². The van der Waals surface area contributed by atoms with Gasteiger partial charge in [-0.15, -0.1) is 0 Å². The van der Waals surface area contributed by atoms with E-state index in [9.17, 15) is 20.0 Å². The molecule has 3 N–H and O–H groups in total. The molecule has 1 aliphatic rings. The number of ether oxygens (including phenoxy) is 1. The molecule has 3 rings (SSSR count). The van der Waals surface area contributed by atoms with E-state index in [-0.39, 0.29) is 12.2 Å². The van der Waals surface area contributed by atoms with Gasteiger partial charge < -0.3 is 25.0 Å². The highest BCUT2D eigenvalue weighted by Crippen LogP contribution is 2.30. The molecule has 1 fully saturated rings. The summed E-state index contributed by atoms with van der Waals surface area (Å²) in [7, 11) is 0. The lowest BCUT2D eigenvalue weighted by Crippen LogP contribution is -2.25. The van der Waals surface area contributed by atoms with E-state index in [1.165, 1.54) is 0 Å². The molecule has 174 valence electrons. The van der Waals surface area contributed by atoms with Gasteiger partial charge in [-0.05, 0) is 24.1 Å². The largest absolute Gasteiger partial charge is 0.484 e. The fourth-order valence-corrected chi connectivity index (χ4v) is 3.42. The molecule has 0 bridgehead atoms. The number of aliphatic carboxylic acids is 2. The lowest BCUT2D eigenvalue weighted by Gasteiger charge is -2.23. The van der Waals surface area contributed by atoms with E-state index < -0.39 is 11.9 Å². The summed E-state index contributed by atoms with van der Waals surface area (Å²) in [5.41, 5.74) is 1.54. The van der Waals surface area contributed by atoms with Crippen molar-refractivity contribution in [2.24, 2.45) is 0 Å². The van der Waals surface area contributed by atoms with Crippen LogP contribution in [0.25, 0.3) is 0 Å². The standard InChI is InChI=1S/C20H21ClN2O2.C4H4O4/c21-17-7-6-16(13-22)20(12-17)25-19(15-4-2-1-3-5-15)9-11-23-10-8-18(24)14-23;5-3(6)1-2-4(7)8/h1-7,12,18-19,24H,8-11,14H2;1-2H,(H,5,6)(H,7,8)/b;2-1+/t18-,19-;/m1./s1. The van der Waals surface area contributed by atoms with E-state index in [0.717, 1.165) is 31.5 Å². The van der Waals surface area contributed by atoms with Crippen LogP contribution >= 0.6 is 11.6 Å². The van der Waals surface area contributed by atoms with Crippen LogP contribution < -0.4 is 4.74 Å². The number of hydrogen-bond donors (Lipinski definition) is 3. The Hall–Kier alpha value is -3.38. The molecule has 0 radical (unpaired) electrons. The molecule has 0 unspecified atom stereocenters. The SMILES string of the molecule is N#Cc1ccc(Cl)cc1O[C@H](CCN1CC[C@@H](O)C1)c1ccccc1.O=C(O)/C=C/C(=O)O. The summed E-state index contributed by atoms with van der Waals surface area (Å²) in [6.45, 7) is 2.45. The molecule has 0 spiro atoms. The molecule has 33 heavy (non-hydrogen) atoms. The summed E-state index contributed by atoms with van der Waals surface area (Å²) in [4.78, 5) is 21.4. The van der Waals surface area contributed by atoms with Gasteiger partial charge in [0.05, 0.1) is 11.7 Å². The third kappa shape index (κ3) is 9.33. The van der Waals surface area contributed by atoms with Gasteiger partial charge in [-0.1, -0.05) is 41.9 Å². The second-order valence-electron chi connectivity index (χ2n) is 7.31. The van der Waals surface area contributed by atoms with Crippen molar-refractivity contribution >= 4 is 23.5 Å². The molecule has 1 saturated heterocycles. The Morgan fingerprint density at radius 1 is 1.18 bits per heavy atom. The molecule has 0 amide bonds. The van der Waals surface area contributed by atoms with E-state index in [0.29, 0.717) is 35.0 Å². The van der Waals surface area contributed by atoms with Crippen molar-refractivity contribution in [1.82, 2.24) is 4.90 Å². The van der Waals surface area contributed by atoms with Crippen molar-refractivity contribution < 1.29 is 29.6 Å². The maximum atomic E-state index is 9.69. The molecule has 1 aliphatic heterocycles. The van der Waals surface area contributed by atoms with Crippen LogP contribution in [0.4, 0.5) is 0 Å². The lowest BCUT2D eigenvalue weighted by atomic mass is 10.1. The number of aliphatic hydroxyl groups is 1. The first-order chi connectivity index (χ1) is 15.8. The smallest absolute Gasteiger partial charge is 0.328 e. The van der Waals surface area contributed by atoms with Crippen molar-refractivity contribution in [1.29, 1.82) is 5.26 Å². The quantitative estimate of drug-likeness (QED) is 0.497. The topological polar surface area (TPSA) is 131 Å². The summed E-state index contributed by atoms with van der Waals surface area (Å²) in [6, 6.07) is 17.2. The molecular weight excluding hydrogens is 448 g/mol. The van der Waals surface area contributed by atoms with Gasteiger partial charge in [-0.25, -0.2) is 9.59 Å². The number of nitriles is 1. The minimum Gasteiger partial charge on any atom is -0.484 e. The first-order valence-electron chi connectivity index (χ1n) is 10.2. The van der Waals surface area contributed by atoms with Crippen LogP contribution in [0.5, 0.6) is 5.75 Å². The fourth-order valence-electron chi connectivity index (χ4n) is 3.26. The number of carboxylic acid groups (broad SMARTS) is 2. The molecule has 9 heteroatoms. The normalized spacial score (nSPS) is 16.5. The number of hydrogen-bond acceptors (Lipinski definition) is 6. The molecule has 0 aromatic heterocycles. The van der Waals surface area contributed by atoms with E-state index in [4.69, 9.17) is 26.6 Å². The number of likely N-dealkylation sites (tertiary alicyclic amines) is 1. The van der Waals surface area contributed by atoms with Crippen LogP contribution in [0.1, 0.15) is 30.1 Å². The van der Waals surface area contributed by atoms with Gasteiger partial charge in [0.2, 0.25) is 0 Å². The zero-order chi connectivity index (χ0) is 24.2. The second-order valence-corrected chi connectivity index (χ2v) is 7.75. The Morgan fingerprint density at radius 3 is 2.39 bits per heavy atom. The van der Waals surface area contributed by atoms with E-state index >= 15 is 0 Å². The van der Waals surface area contributed by atoms with Crippen LogP contribution in [0.15, 0.2) is 60.7 Å². The summed E-state index contributed by atoms with van der Waals surface area (Å²) in [5.74, 6) is -2.01. The van der Waals surface area contributed by atoms with Crippen LogP contribution in [0.3, 0.4) is 0 Å². The van der Waals surface area contributed by atoms with E-state index in [1.54, 1.807) is 18.2 Å². The number of nitrogens with zero attached hydrogens (tertiary/aromatic N) is 2.